The molecule has 0 radical (unpaired) electrons. The summed E-state index contributed by atoms with van der Waals surface area (Å²) in [6.45, 7) is 15.2. The van der Waals surface area contributed by atoms with Crippen LogP contribution in [-0.2, 0) is 20.4 Å². The maximum atomic E-state index is 14.2. The summed E-state index contributed by atoms with van der Waals surface area (Å²) >= 11 is 0. The number of carbonyl (C=O) groups excluding carboxylic acids is 2. The first-order valence-electron chi connectivity index (χ1n) is 27.7. The van der Waals surface area contributed by atoms with E-state index in [1.807, 2.05) is 60.4 Å². The molecule has 4 aromatic carbocycles. The van der Waals surface area contributed by atoms with Gasteiger partial charge in [0.25, 0.3) is 0 Å². The Bertz CT molecular complexity index is 3010. The average Bonchev–Trinajstić information content (AvgIpc) is 3.76. The van der Waals surface area contributed by atoms with Crippen LogP contribution in [0.1, 0.15) is 130 Å². The second-order valence-corrected chi connectivity index (χ2v) is 22.5. The lowest BCUT2D eigenvalue weighted by atomic mass is 9.76. The van der Waals surface area contributed by atoms with Gasteiger partial charge >= 0.3 is 0 Å². The Labute approximate surface area is 439 Å². The van der Waals surface area contributed by atoms with Crippen LogP contribution in [0.4, 0.5) is 11.4 Å². The number of ketones is 2. The number of Topliss-reactive ketones (excluding diaryl/α,β-unsaturated/α-hetero) is 2. The first-order valence-corrected chi connectivity index (χ1v) is 27.7. The fraction of sp³-hybridized carbons (Fsp3) is 0.394. The quantitative estimate of drug-likeness (QED) is 0.0954. The van der Waals surface area contributed by atoms with E-state index in [-0.39, 0.29) is 33.9 Å². The molecule has 74 heavy (non-hydrogen) atoms. The molecule has 0 saturated heterocycles. The summed E-state index contributed by atoms with van der Waals surface area (Å²) in [5.41, 5.74) is 10.4. The van der Waals surface area contributed by atoms with Crippen LogP contribution in [0.2, 0.25) is 0 Å². The van der Waals surface area contributed by atoms with Gasteiger partial charge < -0.3 is 29.8 Å². The summed E-state index contributed by atoms with van der Waals surface area (Å²) in [6, 6.07) is 26.0. The number of hydrogen-bond donors (Lipinski definition) is 2. The summed E-state index contributed by atoms with van der Waals surface area (Å²) in [5.74, 6) is -1.41. The molecule has 2 atom stereocenters. The van der Waals surface area contributed by atoms with E-state index in [9.17, 15) is 19.8 Å². The number of allylic oxidation sites excluding steroid dienone is 12. The van der Waals surface area contributed by atoms with Crippen molar-refractivity contribution in [1.82, 2.24) is 9.80 Å². The zero-order valence-electron chi connectivity index (χ0n) is 45.1. The van der Waals surface area contributed by atoms with Gasteiger partial charge in [0.05, 0.1) is 22.5 Å². The zero-order chi connectivity index (χ0) is 52.1. The molecule has 8 nitrogen and oxygen atoms in total. The van der Waals surface area contributed by atoms with Gasteiger partial charge in [-0.3, -0.25) is 9.59 Å². The molecule has 10 rings (SSSR count). The number of anilines is 2. The van der Waals surface area contributed by atoms with E-state index in [0.29, 0.717) is 11.1 Å². The van der Waals surface area contributed by atoms with Gasteiger partial charge in [-0.2, -0.15) is 0 Å². The van der Waals surface area contributed by atoms with Crippen LogP contribution in [0.15, 0.2) is 178 Å². The van der Waals surface area contributed by atoms with Crippen molar-refractivity contribution in [3.63, 3.8) is 0 Å². The third kappa shape index (κ3) is 8.75. The topological polar surface area (TPSA) is 87.6 Å². The summed E-state index contributed by atoms with van der Waals surface area (Å²) in [7, 11) is 3.92. The molecule has 4 aliphatic heterocycles. The van der Waals surface area contributed by atoms with Gasteiger partial charge in [0.2, 0.25) is 0 Å². The number of likely N-dealkylation sites (N-methyl/N-ethyl adjacent to an activating group) is 2. The Morgan fingerprint density at radius 2 is 0.878 bits per heavy atom. The Morgan fingerprint density at radius 3 is 1.27 bits per heavy atom. The standard InChI is InChI=1S/C66H76N4O4/c1-9-11-13-15-17-23-37-69-55-33-29-43-25-19-21-27-47(43)59(55)65(3,4)57(69)41-51-61(71)49(62(51)72)39-45-31-35-54-53(67(45)7)36-32-46(68(54)8)40-50-63(73)52(64(50)74)42-58-66(5,6)60-48-28-22-20-26-44(48)30-34-56(60)70(58)38-24-18-16-14-12-10-2/h19-22,25-36,39-42,51-52,71,73H,9-18,23-24,37-38H2,1-8H3/b45-39+,46-40+,57-41-,58-42-. The van der Waals surface area contributed by atoms with E-state index in [2.05, 4.69) is 124 Å². The lowest BCUT2D eigenvalue weighted by Crippen LogP contribution is -2.35. The third-order valence-corrected chi connectivity index (χ3v) is 17.0. The van der Waals surface area contributed by atoms with Crippen LogP contribution in [0.3, 0.4) is 0 Å². The van der Waals surface area contributed by atoms with Gasteiger partial charge in [0, 0.05) is 72.2 Å². The molecule has 0 aromatic heterocycles. The van der Waals surface area contributed by atoms with E-state index in [0.717, 1.165) is 73.0 Å². The minimum atomic E-state index is -0.717. The predicted molar refractivity (Wildman–Crippen MR) is 305 cm³/mol. The number of carbonyl (C=O) groups is 2. The molecule has 0 spiro atoms. The number of rotatable bonds is 18. The molecule has 4 heterocycles. The van der Waals surface area contributed by atoms with Gasteiger partial charge in [0.15, 0.2) is 11.6 Å². The van der Waals surface area contributed by atoms with E-state index < -0.39 is 11.8 Å². The summed E-state index contributed by atoms with van der Waals surface area (Å²) in [5, 5.41) is 28.3. The van der Waals surface area contributed by atoms with Crippen molar-refractivity contribution in [2.24, 2.45) is 11.8 Å². The molecule has 0 bridgehead atoms. The lowest BCUT2D eigenvalue weighted by Gasteiger charge is -2.36. The summed E-state index contributed by atoms with van der Waals surface area (Å²) in [4.78, 5) is 37.2. The normalized spacial score (nSPS) is 22.9. The number of unbranched alkanes of at least 4 members (excludes halogenated alkanes) is 10. The van der Waals surface area contributed by atoms with Crippen molar-refractivity contribution in [3.05, 3.63) is 189 Å². The number of nitrogens with zero attached hydrogens (tertiary/aromatic N) is 4. The van der Waals surface area contributed by atoms with Gasteiger partial charge in [-0.1, -0.05) is 166 Å². The largest absolute Gasteiger partial charge is 0.510 e. The van der Waals surface area contributed by atoms with Crippen molar-refractivity contribution in [2.75, 3.05) is 37.0 Å². The Balaban J connectivity index is 0.865. The maximum Gasteiger partial charge on any atom is 0.180 e. The highest BCUT2D eigenvalue weighted by Gasteiger charge is 2.47. The highest BCUT2D eigenvalue weighted by molar-refractivity contribution is 6.11. The monoisotopic (exact) mass is 989 g/mol. The second-order valence-electron chi connectivity index (χ2n) is 22.5. The van der Waals surface area contributed by atoms with Crippen LogP contribution in [0, 0.1) is 11.8 Å². The summed E-state index contributed by atoms with van der Waals surface area (Å²) in [6.07, 6.45) is 30.0. The van der Waals surface area contributed by atoms with E-state index >= 15 is 0 Å². The van der Waals surface area contributed by atoms with E-state index in [1.165, 1.54) is 95.4 Å². The number of fused-ring (bicyclic) bond motifs is 6. The van der Waals surface area contributed by atoms with Crippen molar-refractivity contribution >= 4 is 44.5 Å². The van der Waals surface area contributed by atoms with Gasteiger partial charge in [-0.25, -0.2) is 0 Å². The van der Waals surface area contributed by atoms with Gasteiger partial charge in [-0.15, -0.1) is 0 Å². The number of hydrogen-bond acceptors (Lipinski definition) is 8. The zero-order valence-corrected chi connectivity index (χ0v) is 45.1. The molecule has 384 valence electrons. The highest BCUT2D eigenvalue weighted by atomic mass is 16.3. The highest BCUT2D eigenvalue weighted by Crippen LogP contribution is 2.54. The molecular formula is C66H76N4O4. The molecular weight excluding hydrogens is 913 g/mol. The maximum absolute atomic E-state index is 14.2. The van der Waals surface area contributed by atoms with Crippen molar-refractivity contribution in [2.45, 2.75) is 129 Å². The number of benzene rings is 4. The fourth-order valence-electron chi connectivity index (χ4n) is 12.7. The van der Waals surface area contributed by atoms with Crippen molar-refractivity contribution in [3.8, 4) is 0 Å². The number of aliphatic hydroxyl groups is 2. The van der Waals surface area contributed by atoms with Crippen molar-refractivity contribution in [1.29, 1.82) is 0 Å². The first-order chi connectivity index (χ1) is 35.7. The molecule has 0 amide bonds. The molecule has 2 aliphatic carbocycles. The molecule has 0 saturated carbocycles. The van der Waals surface area contributed by atoms with Gasteiger partial charge in [-0.05, 0) is 106 Å². The van der Waals surface area contributed by atoms with Crippen LogP contribution in [0.25, 0.3) is 21.5 Å². The first kappa shape index (κ1) is 50.7. The predicted octanol–water partition coefficient (Wildman–Crippen LogP) is 15.4. The smallest absolute Gasteiger partial charge is 0.180 e. The number of aliphatic hydroxyl groups excluding tert-OH is 2. The molecule has 2 unspecified atom stereocenters. The second kappa shape index (κ2) is 20.5. The van der Waals surface area contributed by atoms with Crippen LogP contribution < -0.4 is 9.80 Å². The summed E-state index contributed by atoms with van der Waals surface area (Å²) < 4.78 is 0. The van der Waals surface area contributed by atoms with Crippen LogP contribution in [0.5, 0.6) is 0 Å². The Hall–Kier alpha value is -6.80. The van der Waals surface area contributed by atoms with E-state index in [4.69, 9.17) is 0 Å². The van der Waals surface area contributed by atoms with Crippen LogP contribution >= 0.6 is 0 Å². The molecule has 2 N–H and O–H groups in total. The Morgan fingerprint density at radius 1 is 0.500 bits per heavy atom. The van der Waals surface area contributed by atoms with Crippen molar-refractivity contribution < 1.29 is 19.8 Å². The average molecular weight is 989 g/mol. The molecule has 6 aliphatic rings. The third-order valence-electron chi connectivity index (χ3n) is 17.0. The Kier molecular flexibility index (Phi) is 14.0. The van der Waals surface area contributed by atoms with Gasteiger partial charge in [0.1, 0.15) is 23.4 Å². The van der Waals surface area contributed by atoms with Crippen LogP contribution in [-0.4, -0.2) is 58.8 Å². The minimum absolute atomic E-state index is 0.0889. The fourth-order valence-corrected chi connectivity index (χ4v) is 12.7. The molecule has 4 aromatic rings. The SMILES string of the molecule is CCCCCCCCN1/C(=C\C2C(=O)C(/C=C3\C=CC4=C(C=C/C(=C\C5=C(O)C(/C=C6\N(CCCCCCCC)c7ccc8ccccc8c7C6(C)C)C5=O)N4C)N3C)=C2O)C(C)(C)c2c1ccc1ccccc21. The molecule has 0 fully saturated rings. The van der Waals surface area contributed by atoms with E-state index in [1.54, 1.807) is 12.2 Å². The minimum Gasteiger partial charge on any atom is -0.510 e. The molecule has 8 heteroatoms. The lowest BCUT2D eigenvalue weighted by molar-refractivity contribution is -0.120.